The molecule has 2 atom stereocenters. The van der Waals surface area contributed by atoms with Gasteiger partial charge in [-0.15, -0.1) is 0 Å². The minimum atomic E-state index is -0.225. The van der Waals surface area contributed by atoms with Crippen molar-refractivity contribution in [2.75, 3.05) is 13.6 Å². The van der Waals surface area contributed by atoms with Crippen LogP contribution in [0.2, 0.25) is 0 Å². The number of aryl methyl sites for hydroxylation is 1. The van der Waals surface area contributed by atoms with Crippen molar-refractivity contribution in [1.82, 2.24) is 9.80 Å². The summed E-state index contributed by atoms with van der Waals surface area (Å²) in [6.07, 6.45) is 5.38. The zero-order chi connectivity index (χ0) is 18.0. The molecule has 0 aromatic heterocycles. The van der Waals surface area contributed by atoms with Crippen LogP contribution in [0.5, 0.6) is 0 Å². The maximum atomic E-state index is 12.4. The third-order valence-electron chi connectivity index (χ3n) is 5.24. The lowest BCUT2D eigenvalue weighted by Crippen LogP contribution is -2.36. The van der Waals surface area contributed by atoms with Crippen LogP contribution in [0.1, 0.15) is 30.4 Å². The number of imide groups is 1. The quantitative estimate of drug-likeness (QED) is 0.610. The summed E-state index contributed by atoms with van der Waals surface area (Å²) < 4.78 is 0. The molecule has 1 fully saturated rings. The zero-order valence-electron chi connectivity index (χ0n) is 14.8. The van der Waals surface area contributed by atoms with E-state index in [2.05, 4.69) is 0 Å². The molecule has 25 heavy (non-hydrogen) atoms. The largest absolute Gasteiger partial charge is 0.341 e. The molecule has 1 aliphatic heterocycles. The second-order valence-electron chi connectivity index (χ2n) is 6.91. The Hall–Kier alpha value is -2.43. The lowest BCUT2D eigenvalue weighted by atomic mass is 9.85. The number of carbonyl (C=O) groups is 3. The molecule has 0 radical (unpaired) electrons. The number of amides is 3. The van der Waals surface area contributed by atoms with Gasteiger partial charge in [0.05, 0.1) is 11.8 Å². The van der Waals surface area contributed by atoms with Gasteiger partial charge in [0.25, 0.3) is 0 Å². The molecular formula is C20H24N2O3. The number of rotatable bonds is 5. The third-order valence-corrected chi connectivity index (χ3v) is 5.24. The lowest BCUT2D eigenvalue weighted by Gasteiger charge is -2.20. The summed E-state index contributed by atoms with van der Waals surface area (Å²) in [6.45, 7) is 2.73. The molecule has 1 heterocycles. The van der Waals surface area contributed by atoms with Crippen molar-refractivity contribution in [2.45, 2.75) is 32.7 Å². The van der Waals surface area contributed by atoms with Crippen molar-refractivity contribution >= 4 is 17.7 Å². The first kappa shape index (κ1) is 17.4. The summed E-state index contributed by atoms with van der Waals surface area (Å²) in [4.78, 5) is 40.2. The first-order chi connectivity index (χ1) is 12.0. The van der Waals surface area contributed by atoms with Crippen LogP contribution in [0.4, 0.5) is 0 Å². The Morgan fingerprint density at radius 3 is 2.32 bits per heavy atom. The Kier molecular flexibility index (Phi) is 5.02. The van der Waals surface area contributed by atoms with Crippen molar-refractivity contribution in [2.24, 2.45) is 11.8 Å². The maximum absolute atomic E-state index is 12.4. The number of benzene rings is 1. The number of fused-ring (bicyclic) bond motifs is 1. The number of carbonyl (C=O) groups excluding carboxylic acids is 3. The van der Waals surface area contributed by atoms with Gasteiger partial charge < -0.3 is 4.90 Å². The van der Waals surface area contributed by atoms with Crippen molar-refractivity contribution in [1.29, 1.82) is 0 Å². The Balaban J connectivity index is 1.56. The second-order valence-corrected chi connectivity index (χ2v) is 6.91. The Bertz CT molecular complexity index is 699. The van der Waals surface area contributed by atoms with Crippen LogP contribution in [-0.2, 0) is 20.9 Å². The Morgan fingerprint density at radius 1 is 1.12 bits per heavy atom. The van der Waals surface area contributed by atoms with E-state index >= 15 is 0 Å². The van der Waals surface area contributed by atoms with E-state index in [0.717, 1.165) is 11.1 Å². The van der Waals surface area contributed by atoms with Crippen LogP contribution in [0.3, 0.4) is 0 Å². The SMILES string of the molecule is Cc1ccccc1CN(C)C(=O)CCN1C(=O)[C@H]2CC=CC[C@@H]2C1=O. The third kappa shape index (κ3) is 3.50. The van der Waals surface area contributed by atoms with Crippen molar-refractivity contribution in [3.63, 3.8) is 0 Å². The van der Waals surface area contributed by atoms with Gasteiger partial charge in [-0.05, 0) is 30.9 Å². The first-order valence-electron chi connectivity index (χ1n) is 8.77. The average molecular weight is 340 g/mol. The fourth-order valence-electron chi connectivity index (χ4n) is 3.62. The van der Waals surface area contributed by atoms with Gasteiger partial charge >= 0.3 is 0 Å². The van der Waals surface area contributed by atoms with E-state index in [1.807, 2.05) is 43.3 Å². The van der Waals surface area contributed by atoms with E-state index in [1.165, 1.54) is 4.90 Å². The second kappa shape index (κ2) is 7.21. The molecule has 5 nitrogen and oxygen atoms in total. The number of hydrogen-bond donors (Lipinski definition) is 0. The number of allylic oxidation sites excluding steroid dienone is 2. The van der Waals surface area contributed by atoms with Crippen molar-refractivity contribution < 1.29 is 14.4 Å². The van der Waals surface area contributed by atoms with Crippen molar-refractivity contribution in [3.05, 3.63) is 47.5 Å². The molecule has 2 aliphatic rings. The molecular weight excluding hydrogens is 316 g/mol. The van der Waals surface area contributed by atoms with Gasteiger partial charge in [0.1, 0.15) is 0 Å². The molecule has 1 saturated heterocycles. The van der Waals surface area contributed by atoms with E-state index in [-0.39, 0.29) is 42.5 Å². The molecule has 0 unspecified atom stereocenters. The van der Waals surface area contributed by atoms with Gasteiger partial charge in [-0.1, -0.05) is 36.4 Å². The predicted molar refractivity (Wildman–Crippen MR) is 94.3 cm³/mol. The van der Waals surface area contributed by atoms with Gasteiger partial charge in [0.15, 0.2) is 0 Å². The fourth-order valence-corrected chi connectivity index (χ4v) is 3.62. The van der Waals surface area contributed by atoms with Gasteiger partial charge in [0, 0.05) is 26.6 Å². The van der Waals surface area contributed by atoms with Gasteiger partial charge in [-0.3, -0.25) is 19.3 Å². The average Bonchev–Trinajstić information content (AvgIpc) is 2.86. The van der Waals surface area contributed by atoms with Crippen LogP contribution in [0.15, 0.2) is 36.4 Å². The van der Waals surface area contributed by atoms with E-state index in [0.29, 0.717) is 19.4 Å². The highest BCUT2D eigenvalue weighted by Gasteiger charge is 2.46. The molecule has 0 N–H and O–H groups in total. The van der Waals surface area contributed by atoms with Gasteiger partial charge in [0.2, 0.25) is 17.7 Å². The van der Waals surface area contributed by atoms with Crippen LogP contribution in [0.25, 0.3) is 0 Å². The molecule has 3 amide bonds. The summed E-state index contributed by atoms with van der Waals surface area (Å²) in [5, 5.41) is 0. The molecule has 1 aliphatic carbocycles. The maximum Gasteiger partial charge on any atom is 0.233 e. The normalized spacial score (nSPS) is 22.2. The highest BCUT2D eigenvalue weighted by molar-refractivity contribution is 6.05. The first-order valence-corrected chi connectivity index (χ1v) is 8.77. The Morgan fingerprint density at radius 2 is 1.72 bits per heavy atom. The van der Waals surface area contributed by atoms with Crippen LogP contribution in [-0.4, -0.2) is 41.1 Å². The standard InChI is InChI=1S/C20H24N2O3/c1-14-7-3-4-8-15(14)13-21(2)18(23)11-12-22-19(24)16-9-5-6-10-17(16)20(22)25/h3-8,16-17H,9-13H2,1-2H3/t16-,17-/m0/s1. The zero-order valence-corrected chi connectivity index (χ0v) is 14.8. The summed E-state index contributed by atoms with van der Waals surface area (Å²) in [6, 6.07) is 7.95. The topological polar surface area (TPSA) is 57.7 Å². The molecule has 0 spiro atoms. The minimum Gasteiger partial charge on any atom is -0.341 e. The van der Waals surface area contributed by atoms with Crippen molar-refractivity contribution in [3.8, 4) is 0 Å². The highest BCUT2D eigenvalue weighted by Crippen LogP contribution is 2.35. The van der Waals surface area contributed by atoms with Crippen LogP contribution >= 0.6 is 0 Å². The van der Waals surface area contributed by atoms with E-state index in [1.54, 1.807) is 11.9 Å². The summed E-state index contributed by atoms with van der Waals surface area (Å²) in [5.74, 6) is -0.742. The molecule has 132 valence electrons. The summed E-state index contributed by atoms with van der Waals surface area (Å²) in [7, 11) is 1.76. The number of likely N-dealkylation sites (tertiary alicyclic amines) is 1. The number of hydrogen-bond acceptors (Lipinski definition) is 3. The van der Waals surface area contributed by atoms with Crippen LogP contribution in [0, 0.1) is 18.8 Å². The van der Waals surface area contributed by atoms with Gasteiger partial charge in [-0.2, -0.15) is 0 Å². The molecule has 5 heteroatoms. The molecule has 1 aromatic carbocycles. The minimum absolute atomic E-state index is 0.0585. The van der Waals surface area contributed by atoms with Gasteiger partial charge in [-0.25, -0.2) is 0 Å². The number of nitrogens with zero attached hydrogens (tertiary/aromatic N) is 2. The van der Waals surface area contributed by atoms with E-state index in [4.69, 9.17) is 0 Å². The Labute approximate surface area is 148 Å². The molecule has 0 bridgehead atoms. The smallest absolute Gasteiger partial charge is 0.233 e. The summed E-state index contributed by atoms with van der Waals surface area (Å²) >= 11 is 0. The van der Waals surface area contributed by atoms with Crippen LogP contribution < -0.4 is 0 Å². The fraction of sp³-hybridized carbons (Fsp3) is 0.450. The highest BCUT2D eigenvalue weighted by atomic mass is 16.2. The lowest BCUT2D eigenvalue weighted by molar-refractivity contribution is -0.140. The van der Waals surface area contributed by atoms with E-state index < -0.39 is 0 Å². The molecule has 0 saturated carbocycles. The monoisotopic (exact) mass is 340 g/mol. The molecule has 1 aromatic rings. The van der Waals surface area contributed by atoms with E-state index in [9.17, 15) is 14.4 Å². The summed E-state index contributed by atoms with van der Waals surface area (Å²) in [5.41, 5.74) is 2.24. The predicted octanol–water partition coefficient (Wildman–Crippen LogP) is 2.29. The molecule has 3 rings (SSSR count).